The molecule has 1 saturated heterocycles. The third-order valence-electron chi connectivity index (χ3n) is 4.83. The fourth-order valence-corrected chi connectivity index (χ4v) is 5.43. The first-order valence-electron chi connectivity index (χ1n) is 11.1. The van der Waals surface area contributed by atoms with Crippen LogP contribution in [0.1, 0.15) is 54.7 Å². The summed E-state index contributed by atoms with van der Waals surface area (Å²) in [5.41, 5.74) is -0.796. The summed E-state index contributed by atoms with van der Waals surface area (Å²) >= 11 is 0. The Kier molecular flexibility index (Phi) is 10.3. The maximum absolute atomic E-state index is 15.6. The van der Waals surface area contributed by atoms with E-state index in [4.69, 9.17) is 13.8 Å². The van der Waals surface area contributed by atoms with E-state index in [9.17, 15) is 14.7 Å². The predicted molar refractivity (Wildman–Crippen MR) is 123 cm³/mol. The quantitative estimate of drug-likeness (QED) is 0.455. The fraction of sp³-hybridized carbons (Fsp3) is 0.762. The largest absolute Gasteiger partial charge is 0.394 e. The van der Waals surface area contributed by atoms with Crippen LogP contribution in [0.15, 0.2) is 17.1 Å². The molecule has 1 aliphatic heterocycles. The van der Waals surface area contributed by atoms with Gasteiger partial charge in [-0.2, -0.15) is 4.98 Å². The molecule has 0 bridgehead atoms. The normalized spacial score (nSPS) is 24.3. The van der Waals surface area contributed by atoms with Crippen LogP contribution in [0.2, 0.25) is 0 Å². The van der Waals surface area contributed by atoms with Gasteiger partial charge < -0.3 is 24.2 Å². The number of hydrogen-bond acceptors (Lipinski definition) is 8. The van der Waals surface area contributed by atoms with Gasteiger partial charge in [0.1, 0.15) is 18.0 Å². The summed E-state index contributed by atoms with van der Waals surface area (Å²) in [5.74, 6) is -0.0868. The molecule has 0 spiro atoms. The van der Waals surface area contributed by atoms with Crippen molar-refractivity contribution in [1.29, 1.82) is 0 Å². The molecule has 10 nitrogen and oxygen atoms in total. The second kappa shape index (κ2) is 12.3. The number of alkyl halides is 1. The van der Waals surface area contributed by atoms with Gasteiger partial charge in [-0.1, -0.05) is 13.8 Å². The zero-order chi connectivity index (χ0) is 24.9. The van der Waals surface area contributed by atoms with Crippen molar-refractivity contribution in [3.05, 3.63) is 22.7 Å². The molecule has 0 aromatic carbocycles. The molecule has 0 saturated carbocycles. The molecule has 2 heterocycles. The highest BCUT2D eigenvalue weighted by Gasteiger charge is 2.49. The Labute approximate surface area is 195 Å². The van der Waals surface area contributed by atoms with Crippen molar-refractivity contribution in [1.82, 2.24) is 14.2 Å². The van der Waals surface area contributed by atoms with E-state index in [1.54, 1.807) is 0 Å². The molecule has 2 N–H and O–H groups in total. The lowest BCUT2D eigenvalue weighted by atomic mass is 10.1. The molecule has 12 heteroatoms. The number of rotatable bonds is 11. The number of anilines is 1. The molecular weight excluding hydrogens is 454 g/mol. The van der Waals surface area contributed by atoms with E-state index in [1.807, 2.05) is 46.2 Å². The van der Waals surface area contributed by atoms with E-state index in [1.165, 1.54) is 19.2 Å². The Morgan fingerprint density at radius 1 is 1.33 bits per heavy atom. The van der Waals surface area contributed by atoms with Crippen molar-refractivity contribution < 1.29 is 28.1 Å². The smallest absolute Gasteiger partial charge is 0.351 e. The topological polar surface area (TPSA) is 115 Å². The zero-order valence-corrected chi connectivity index (χ0v) is 21.2. The molecule has 1 aliphatic rings. The van der Waals surface area contributed by atoms with Crippen LogP contribution in [0.3, 0.4) is 0 Å². The molecule has 2 rings (SSSR count). The van der Waals surface area contributed by atoms with Gasteiger partial charge in [0.2, 0.25) is 5.91 Å². The third-order valence-corrected chi connectivity index (χ3v) is 6.93. The van der Waals surface area contributed by atoms with Crippen molar-refractivity contribution in [3.8, 4) is 0 Å². The Hall–Kier alpha value is -1.49. The van der Waals surface area contributed by atoms with Crippen LogP contribution >= 0.6 is 8.53 Å². The van der Waals surface area contributed by atoms with E-state index in [0.29, 0.717) is 6.61 Å². The Balaban J connectivity index is 2.29. The monoisotopic (exact) mass is 490 g/mol. The van der Waals surface area contributed by atoms with Gasteiger partial charge in [-0.15, -0.1) is 0 Å². The molecule has 1 amide bonds. The minimum atomic E-state index is -1.76. The average Bonchev–Trinajstić information content (AvgIpc) is 3.00. The number of aliphatic hydroxyl groups is 1. The summed E-state index contributed by atoms with van der Waals surface area (Å²) in [6.45, 7) is 13.3. The van der Waals surface area contributed by atoms with Gasteiger partial charge >= 0.3 is 5.69 Å². The highest BCUT2D eigenvalue weighted by Crippen LogP contribution is 2.50. The maximum atomic E-state index is 15.6. The number of halogens is 1. The highest BCUT2D eigenvalue weighted by atomic mass is 31.2. The van der Waals surface area contributed by atoms with Gasteiger partial charge in [0.25, 0.3) is 8.53 Å². The predicted octanol–water partition coefficient (Wildman–Crippen LogP) is 2.83. The number of aromatic nitrogens is 2. The van der Waals surface area contributed by atoms with E-state index < -0.39 is 45.4 Å². The van der Waals surface area contributed by atoms with Crippen LogP contribution in [-0.4, -0.2) is 68.9 Å². The lowest BCUT2D eigenvalue weighted by molar-refractivity contribution is -0.114. The average molecular weight is 491 g/mol. The van der Waals surface area contributed by atoms with Crippen LogP contribution in [0.4, 0.5) is 10.2 Å². The SMILES string of the molecule is CC(=O)Nc1ccn(C2OC(CO)C(OP(OCC(C)C)N(C(C)C)C(C)C)C2F)c(=O)n1. The van der Waals surface area contributed by atoms with E-state index in [2.05, 4.69) is 10.3 Å². The molecule has 0 aliphatic carbocycles. The first-order chi connectivity index (χ1) is 15.5. The fourth-order valence-electron chi connectivity index (χ4n) is 3.49. The van der Waals surface area contributed by atoms with Gasteiger partial charge in [0, 0.05) is 25.2 Å². The molecule has 5 unspecified atom stereocenters. The molecule has 33 heavy (non-hydrogen) atoms. The molecule has 5 atom stereocenters. The van der Waals surface area contributed by atoms with E-state index in [0.717, 1.165) is 4.57 Å². The van der Waals surface area contributed by atoms with Crippen LogP contribution in [0.5, 0.6) is 0 Å². The number of nitrogens with one attached hydrogen (secondary N) is 1. The lowest BCUT2D eigenvalue weighted by Crippen LogP contribution is -2.39. The van der Waals surface area contributed by atoms with Gasteiger partial charge in [-0.25, -0.2) is 13.9 Å². The minimum absolute atomic E-state index is 0.0544. The van der Waals surface area contributed by atoms with Gasteiger partial charge in [-0.3, -0.25) is 9.36 Å². The highest BCUT2D eigenvalue weighted by molar-refractivity contribution is 7.44. The van der Waals surface area contributed by atoms with Crippen LogP contribution < -0.4 is 11.0 Å². The molecule has 1 aromatic heterocycles. The molecule has 188 valence electrons. The lowest BCUT2D eigenvalue weighted by Gasteiger charge is -2.37. The number of hydrogen-bond donors (Lipinski definition) is 2. The number of carbonyl (C=O) groups is 1. The number of ether oxygens (including phenoxy) is 1. The van der Waals surface area contributed by atoms with Gasteiger partial charge in [0.05, 0.1) is 13.2 Å². The summed E-state index contributed by atoms with van der Waals surface area (Å²) in [5, 5.41) is 12.3. The first-order valence-corrected chi connectivity index (χ1v) is 12.2. The van der Waals surface area contributed by atoms with Gasteiger partial charge in [-0.05, 0) is 39.7 Å². The minimum Gasteiger partial charge on any atom is -0.394 e. The van der Waals surface area contributed by atoms with Crippen LogP contribution in [-0.2, 0) is 18.6 Å². The molecule has 0 radical (unpaired) electrons. The standard InChI is InChI=1S/C21H36FN4O6P/c1-12(2)11-30-33(26(13(3)4)14(5)6)32-19-16(10-27)31-20(18(19)22)25-9-8-17(23-15(7)28)24-21(25)29/h8-9,12-14,16,18-20,27H,10-11H2,1-7H3,(H,23,24,28,29). The Bertz CT molecular complexity index is 831. The number of nitrogens with zero attached hydrogens (tertiary/aromatic N) is 3. The second-order valence-electron chi connectivity index (χ2n) is 8.94. The van der Waals surface area contributed by atoms with Crippen LogP contribution in [0, 0.1) is 5.92 Å². The third kappa shape index (κ3) is 7.24. The Morgan fingerprint density at radius 3 is 2.45 bits per heavy atom. The van der Waals surface area contributed by atoms with E-state index in [-0.39, 0.29) is 29.7 Å². The zero-order valence-electron chi connectivity index (χ0n) is 20.3. The summed E-state index contributed by atoms with van der Waals surface area (Å²) in [7, 11) is -1.66. The van der Waals surface area contributed by atoms with Crippen molar-refractivity contribution in [2.45, 2.75) is 85.2 Å². The molecule has 1 fully saturated rings. The van der Waals surface area contributed by atoms with Crippen molar-refractivity contribution in [2.75, 3.05) is 18.5 Å². The van der Waals surface area contributed by atoms with Crippen molar-refractivity contribution >= 4 is 20.3 Å². The van der Waals surface area contributed by atoms with Crippen molar-refractivity contribution in [3.63, 3.8) is 0 Å². The van der Waals surface area contributed by atoms with Gasteiger partial charge in [0.15, 0.2) is 12.4 Å². The summed E-state index contributed by atoms with van der Waals surface area (Å²) in [6.07, 6.45) is -3.96. The van der Waals surface area contributed by atoms with Crippen molar-refractivity contribution in [2.24, 2.45) is 5.92 Å². The first kappa shape index (κ1) is 27.8. The summed E-state index contributed by atoms with van der Waals surface area (Å²) < 4.78 is 36.5. The second-order valence-corrected chi connectivity index (χ2v) is 10.3. The van der Waals surface area contributed by atoms with Crippen LogP contribution in [0.25, 0.3) is 0 Å². The number of aliphatic hydroxyl groups excluding tert-OH is 1. The molecular formula is C21H36FN4O6P. The Morgan fingerprint density at radius 2 is 1.97 bits per heavy atom. The van der Waals surface area contributed by atoms with E-state index >= 15 is 4.39 Å². The summed E-state index contributed by atoms with van der Waals surface area (Å²) in [6, 6.07) is 1.51. The number of amides is 1. The summed E-state index contributed by atoms with van der Waals surface area (Å²) in [4.78, 5) is 27.4. The maximum Gasteiger partial charge on any atom is 0.351 e. The molecule has 1 aromatic rings. The number of carbonyl (C=O) groups excluding carboxylic acids is 1.